The summed E-state index contributed by atoms with van der Waals surface area (Å²) in [6, 6.07) is 0. The van der Waals surface area contributed by atoms with Crippen LogP contribution in [0.15, 0.2) is 18.3 Å². The molecule has 0 fully saturated rings. The highest BCUT2D eigenvalue weighted by molar-refractivity contribution is 7.11. The fraction of sp³-hybridized carbons (Fsp3) is 0.615. The maximum atomic E-state index is 4.30. The van der Waals surface area contributed by atoms with Crippen molar-refractivity contribution in [2.45, 2.75) is 32.7 Å². The molecule has 2 rings (SSSR count). The molecule has 0 aliphatic heterocycles. The molecule has 88 valence electrons. The molecule has 1 aromatic rings. The first-order valence-electron chi connectivity index (χ1n) is 5.99. The standard InChI is InChI=1S/C13H20N2S/c1-11-14-8-13(16-11)10-15(2)9-12-6-4-3-5-7-12/h3-4,8,12H,5-7,9-10H2,1-2H3/t12-/m1/s1. The summed E-state index contributed by atoms with van der Waals surface area (Å²) in [7, 11) is 2.22. The van der Waals surface area contributed by atoms with Crippen LogP contribution in [0.5, 0.6) is 0 Å². The van der Waals surface area contributed by atoms with Gasteiger partial charge in [-0.3, -0.25) is 0 Å². The van der Waals surface area contributed by atoms with E-state index in [-0.39, 0.29) is 0 Å². The molecule has 3 heteroatoms. The molecule has 1 heterocycles. The first-order valence-corrected chi connectivity index (χ1v) is 6.80. The van der Waals surface area contributed by atoms with Gasteiger partial charge in [0.05, 0.1) is 5.01 Å². The zero-order chi connectivity index (χ0) is 11.4. The molecule has 0 saturated heterocycles. The summed E-state index contributed by atoms with van der Waals surface area (Å²) in [6.45, 7) is 4.33. The lowest BCUT2D eigenvalue weighted by atomic mass is 9.94. The van der Waals surface area contributed by atoms with Gasteiger partial charge in [0.1, 0.15) is 0 Å². The second-order valence-corrected chi connectivity index (χ2v) is 6.01. The summed E-state index contributed by atoms with van der Waals surface area (Å²) in [5, 5.41) is 1.17. The normalized spacial score (nSPS) is 20.6. The average Bonchev–Trinajstić information content (AvgIpc) is 2.65. The third kappa shape index (κ3) is 3.42. The molecule has 1 aliphatic rings. The van der Waals surface area contributed by atoms with E-state index in [4.69, 9.17) is 0 Å². The zero-order valence-electron chi connectivity index (χ0n) is 10.1. The fourth-order valence-corrected chi connectivity index (χ4v) is 3.15. The van der Waals surface area contributed by atoms with Crippen LogP contribution >= 0.6 is 11.3 Å². The van der Waals surface area contributed by atoms with Crippen LogP contribution in [0.1, 0.15) is 29.1 Å². The number of nitrogens with zero attached hydrogens (tertiary/aromatic N) is 2. The minimum atomic E-state index is 0.851. The molecule has 0 bridgehead atoms. The van der Waals surface area contributed by atoms with E-state index in [0.29, 0.717) is 0 Å². The van der Waals surface area contributed by atoms with Crippen molar-refractivity contribution < 1.29 is 0 Å². The van der Waals surface area contributed by atoms with E-state index in [0.717, 1.165) is 12.5 Å². The lowest BCUT2D eigenvalue weighted by Gasteiger charge is -2.24. The Morgan fingerprint density at radius 1 is 1.50 bits per heavy atom. The highest BCUT2D eigenvalue weighted by Crippen LogP contribution is 2.20. The van der Waals surface area contributed by atoms with Crippen molar-refractivity contribution in [2.75, 3.05) is 13.6 Å². The van der Waals surface area contributed by atoms with Crippen LogP contribution in [0.2, 0.25) is 0 Å². The molecule has 1 atom stereocenters. The number of allylic oxidation sites excluding steroid dienone is 2. The van der Waals surface area contributed by atoms with E-state index >= 15 is 0 Å². The predicted octanol–water partition coefficient (Wildman–Crippen LogP) is 3.24. The number of hydrogen-bond donors (Lipinski definition) is 0. The molecule has 0 spiro atoms. The van der Waals surface area contributed by atoms with Crippen LogP contribution in [0, 0.1) is 12.8 Å². The summed E-state index contributed by atoms with van der Waals surface area (Å²) in [5.74, 6) is 0.851. The van der Waals surface area contributed by atoms with Crippen LogP contribution < -0.4 is 0 Å². The maximum absolute atomic E-state index is 4.30. The third-order valence-corrected chi connectivity index (χ3v) is 3.94. The second-order valence-electron chi connectivity index (χ2n) is 4.69. The van der Waals surface area contributed by atoms with Crippen molar-refractivity contribution in [3.8, 4) is 0 Å². The SMILES string of the molecule is Cc1ncc(CN(C)C[C@@H]2CC=CCC2)s1. The first kappa shape index (κ1) is 11.8. The molecule has 0 aromatic carbocycles. The smallest absolute Gasteiger partial charge is 0.0897 e. The topological polar surface area (TPSA) is 16.1 Å². The number of rotatable bonds is 4. The largest absolute Gasteiger partial charge is 0.301 e. The zero-order valence-corrected chi connectivity index (χ0v) is 11.0. The third-order valence-electron chi connectivity index (χ3n) is 3.04. The molecule has 0 N–H and O–H groups in total. The van der Waals surface area contributed by atoms with E-state index in [2.05, 4.69) is 36.0 Å². The predicted molar refractivity (Wildman–Crippen MR) is 69.7 cm³/mol. The number of hydrogen-bond acceptors (Lipinski definition) is 3. The van der Waals surface area contributed by atoms with Crippen LogP contribution in [0.3, 0.4) is 0 Å². The number of aromatic nitrogens is 1. The second kappa shape index (κ2) is 5.60. The van der Waals surface area contributed by atoms with Crippen LogP contribution in [-0.4, -0.2) is 23.5 Å². The highest BCUT2D eigenvalue weighted by Gasteiger charge is 2.13. The van der Waals surface area contributed by atoms with E-state index in [1.165, 1.54) is 35.7 Å². The highest BCUT2D eigenvalue weighted by atomic mass is 32.1. The Hall–Kier alpha value is -0.670. The average molecular weight is 236 g/mol. The van der Waals surface area contributed by atoms with Gasteiger partial charge in [-0.25, -0.2) is 4.98 Å². The lowest BCUT2D eigenvalue weighted by Crippen LogP contribution is -2.25. The van der Waals surface area contributed by atoms with Gasteiger partial charge in [-0.15, -0.1) is 11.3 Å². The van der Waals surface area contributed by atoms with E-state index < -0.39 is 0 Å². The molecule has 2 nitrogen and oxygen atoms in total. The molecule has 0 unspecified atom stereocenters. The summed E-state index contributed by atoms with van der Waals surface area (Å²) < 4.78 is 0. The van der Waals surface area contributed by atoms with Gasteiger partial charge in [0.2, 0.25) is 0 Å². The summed E-state index contributed by atoms with van der Waals surface area (Å²) in [5.41, 5.74) is 0. The Labute approximate surface area is 102 Å². The van der Waals surface area contributed by atoms with Gasteiger partial charge in [0, 0.05) is 24.2 Å². The Morgan fingerprint density at radius 2 is 2.38 bits per heavy atom. The summed E-state index contributed by atoms with van der Waals surface area (Å²) in [4.78, 5) is 8.11. The molecular weight excluding hydrogens is 216 g/mol. The van der Waals surface area contributed by atoms with Crippen LogP contribution in [0.4, 0.5) is 0 Å². The Balaban J connectivity index is 1.79. The van der Waals surface area contributed by atoms with E-state index in [1.54, 1.807) is 0 Å². The summed E-state index contributed by atoms with van der Waals surface area (Å²) in [6.07, 6.45) is 10.5. The maximum Gasteiger partial charge on any atom is 0.0897 e. The van der Waals surface area contributed by atoms with Gasteiger partial charge in [0.15, 0.2) is 0 Å². The molecule has 0 radical (unpaired) electrons. The van der Waals surface area contributed by atoms with Gasteiger partial charge in [-0.05, 0) is 39.2 Å². The van der Waals surface area contributed by atoms with Crippen molar-refractivity contribution in [3.63, 3.8) is 0 Å². The molecule has 1 aliphatic carbocycles. The van der Waals surface area contributed by atoms with E-state index in [1.807, 2.05) is 17.5 Å². The Bertz CT molecular complexity index is 357. The van der Waals surface area contributed by atoms with Crippen LogP contribution in [0.25, 0.3) is 0 Å². The number of aryl methyl sites for hydroxylation is 1. The molecule has 16 heavy (non-hydrogen) atoms. The van der Waals surface area contributed by atoms with Crippen molar-refractivity contribution in [3.05, 3.63) is 28.2 Å². The Kier molecular flexibility index (Phi) is 4.13. The van der Waals surface area contributed by atoms with Crippen molar-refractivity contribution in [1.82, 2.24) is 9.88 Å². The monoisotopic (exact) mass is 236 g/mol. The van der Waals surface area contributed by atoms with Gasteiger partial charge < -0.3 is 4.90 Å². The lowest BCUT2D eigenvalue weighted by molar-refractivity contribution is 0.260. The van der Waals surface area contributed by atoms with Crippen molar-refractivity contribution >= 4 is 11.3 Å². The quantitative estimate of drug-likeness (QED) is 0.746. The van der Waals surface area contributed by atoms with Crippen molar-refractivity contribution in [2.24, 2.45) is 5.92 Å². The van der Waals surface area contributed by atoms with Gasteiger partial charge >= 0.3 is 0 Å². The minimum Gasteiger partial charge on any atom is -0.301 e. The molecular formula is C13H20N2S. The Morgan fingerprint density at radius 3 is 3.00 bits per heavy atom. The van der Waals surface area contributed by atoms with E-state index in [9.17, 15) is 0 Å². The van der Waals surface area contributed by atoms with Crippen LogP contribution in [-0.2, 0) is 6.54 Å². The number of thiazole rings is 1. The molecule has 0 saturated carbocycles. The minimum absolute atomic E-state index is 0.851. The fourth-order valence-electron chi connectivity index (χ4n) is 2.27. The first-order chi connectivity index (χ1) is 7.74. The van der Waals surface area contributed by atoms with Gasteiger partial charge in [-0.2, -0.15) is 0 Å². The molecule has 1 aromatic heterocycles. The summed E-state index contributed by atoms with van der Waals surface area (Å²) >= 11 is 1.81. The van der Waals surface area contributed by atoms with Gasteiger partial charge in [-0.1, -0.05) is 12.2 Å². The molecule has 0 amide bonds. The van der Waals surface area contributed by atoms with Crippen molar-refractivity contribution in [1.29, 1.82) is 0 Å². The van der Waals surface area contributed by atoms with Gasteiger partial charge in [0.25, 0.3) is 0 Å².